The van der Waals surface area contributed by atoms with Gasteiger partial charge in [0.25, 0.3) is 0 Å². The monoisotopic (exact) mass is 578 g/mol. The molecule has 0 radical (unpaired) electrons. The summed E-state index contributed by atoms with van der Waals surface area (Å²) in [6.07, 6.45) is 8.45. The second kappa shape index (κ2) is 15.4. The van der Waals surface area contributed by atoms with Gasteiger partial charge in [0, 0.05) is 5.56 Å². The van der Waals surface area contributed by atoms with Crippen LogP contribution in [0, 0.1) is 11.8 Å². The summed E-state index contributed by atoms with van der Waals surface area (Å²) in [5.41, 5.74) is 2.73. The molecule has 42 heavy (non-hydrogen) atoms. The van der Waals surface area contributed by atoms with Crippen molar-refractivity contribution in [2.24, 2.45) is 11.8 Å². The summed E-state index contributed by atoms with van der Waals surface area (Å²) in [5, 5.41) is 0. The van der Waals surface area contributed by atoms with E-state index in [0.717, 1.165) is 22.8 Å². The van der Waals surface area contributed by atoms with E-state index in [1.54, 1.807) is 27.7 Å². The molecule has 0 unspecified atom stereocenters. The van der Waals surface area contributed by atoms with Crippen LogP contribution in [0.3, 0.4) is 0 Å². The highest BCUT2D eigenvalue weighted by Gasteiger charge is 2.48. The largest absolute Gasteiger partial charge is 0.490 e. The van der Waals surface area contributed by atoms with Gasteiger partial charge < -0.3 is 23.7 Å². The van der Waals surface area contributed by atoms with Crippen molar-refractivity contribution in [2.45, 2.75) is 104 Å². The molecule has 7 nitrogen and oxygen atoms in total. The zero-order chi connectivity index (χ0) is 30.1. The first kappa shape index (κ1) is 31.8. The van der Waals surface area contributed by atoms with E-state index in [1.807, 2.05) is 48.5 Å². The van der Waals surface area contributed by atoms with Crippen molar-refractivity contribution in [3.05, 3.63) is 66.2 Å². The van der Waals surface area contributed by atoms with Crippen LogP contribution in [-0.4, -0.2) is 43.0 Å². The van der Waals surface area contributed by atoms with E-state index in [9.17, 15) is 9.59 Å². The van der Waals surface area contributed by atoms with Crippen molar-refractivity contribution in [2.75, 3.05) is 6.61 Å². The van der Waals surface area contributed by atoms with Gasteiger partial charge in [0.1, 0.15) is 12.4 Å². The number of hydrogen-bond acceptors (Lipinski definition) is 7. The van der Waals surface area contributed by atoms with E-state index in [4.69, 9.17) is 23.7 Å². The minimum Gasteiger partial charge on any atom is -0.490 e. The van der Waals surface area contributed by atoms with Gasteiger partial charge in [-0.3, -0.25) is 0 Å². The van der Waals surface area contributed by atoms with Crippen LogP contribution in [0.15, 0.2) is 60.7 Å². The van der Waals surface area contributed by atoms with Gasteiger partial charge in [0.2, 0.25) is 0 Å². The highest BCUT2D eigenvalue weighted by molar-refractivity contribution is 5.86. The third-order valence-electron chi connectivity index (χ3n) is 7.70. The van der Waals surface area contributed by atoms with Crippen LogP contribution in [0.4, 0.5) is 0 Å². The first-order valence-corrected chi connectivity index (χ1v) is 15.4. The quantitative estimate of drug-likeness (QED) is 0.190. The Bertz CT molecular complexity index is 1130. The van der Waals surface area contributed by atoms with Crippen molar-refractivity contribution in [3.63, 3.8) is 0 Å². The lowest BCUT2D eigenvalue weighted by Gasteiger charge is -2.26. The number of hydrogen-bond donors (Lipinski definition) is 0. The van der Waals surface area contributed by atoms with E-state index in [2.05, 4.69) is 19.1 Å². The average Bonchev–Trinajstić information content (AvgIpc) is 3.42. The summed E-state index contributed by atoms with van der Waals surface area (Å²) in [4.78, 5) is 25.3. The van der Waals surface area contributed by atoms with Crippen LogP contribution < -0.4 is 4.74 Å². The average molecular weight is 579 g/mol. The predicted octanol–water partition coefficient (Wildman–Crippen LogP) is 7.58. The lowest BCUT2D eigenvalue weighted by atomic mass is 9.80. The molecule has 4 rings (SSSR count). The molecule has 0 spiro atoms. The highest BCUT2D eigenvalue weighted by Crippen LogP contribution is 2.35. The molecule has 2 aromatic rings. The van der Waals surface area contributed by atoms with Gasteiger partial charge in [-0.2, -0.15) is 0 Å². The summed E-state index contributed by atoms with van der Waals surface area (Å²) in [7, 11) is 0. The van der Waals surface area contributed by atoms with Gasteiger partial charge >= 0.3 is 11.9 Å². The van der Waals surface area contributed by atoms with Gasteiger partial charge in [0.05, 0.1) is 12.2 Å². The van der Waals surface area contributed by atoms with Gasteiger partial charge in [-0.15, -0.1) is 0 Å². The van der Waals surface area contributed by atoms with Crippen molar-refractivity contribution >= 4 is 11.9 Å². The Morgan fingerprint density at radius 2 is 1.33 bits per heavy atom. The lowest BCUT2D eigenvalue weighted by molar-refractivity contribution is -0.167. The van der Waals surface area contributed by atoms with E-state index >= 15 is 0 Å². The number of ether oxygens (including phenoxy) is 5. The zero-order valence-electron chi connectivity index (χ0n) is 25.6. The van der Waals surface area contributed by atoms with Crippen molar-refractivity contribution in [3.8, 4) is 16.9 Å². The molecule has 2 atom stereocenters. The fourth-order valence-electron chi connectivity index (χ4n) is 5.60. The molecule has 0 amide bonds. The van der Waals surface area contributed by atoms with E-state index in [1.165, 1.54) is 38.5 Å². The molecule has 1 saturated carbocycles. The molecule has 2 aliphatic rings. The highest BCUT2D eigenvalue weighted by atomic mass is 16.8. The second-order valence-corrected chi connectivity index (χ2v) is 11.9. The fourth-order valence-corrected chi connectivity index (χ4v) is 5.60. The van der Waals surface area contributed by atoms with Gasteiger partial charge in [-0.05, 0) is 88.5 Å². The molecule has 1 heterocycles. The Morgan fingerprint density at radius 3 is 1.83 bits per heavy atom. The normalized spacial score (nSPS) is 23.0. The molecule has 2 fully saturated rings. The van der Waals surface area contributed by atoms with Crippen LogP contribution in [0.1, 0.15) is 85.0 Å². The molecule has 1 aliphatic carbocycles. The fraction of sp³-hybridized carbons (Fsp3) is 0.543. The number of benzene rings is 2. The van der Waals surface area contributed by atoms with E-state index in [0.29, 0.717) is 18.1 Å². The van der Waals surface area contributed by atoms with Crippen molar-refractivity contribution in [1.29, 1.82) is 0 Å². The van der Waals surface area contributed by atoms with Crippen LogP contribution in [0.2, 0.25) is 0 Å². The maximum Gasteiger partial charge on any atom is 0.339 e. The molecule has 0 aromatic heterocycles. The molecular formula is C35H46O7. The van der Waals surface area contributed by atoms with Gasteiger partial charge in [-0.25, -0.2) is 9.59 Å². The molecule has 0 bridgehead atoms. The Labute approximate surface area is 250 Å². The number of carbonyl (C=O) groups excluding carboxylic acids is 2. The minimum absolute atomic E-state index is 0.352. The molecule has 2 aromatic carbocycles. The molecule has 7 heteroatoms. The van der Waals surface area contributed by atoms with Gasteiger partial charge in [0.15, 0.2) is 18.5 Å². The summed E-state index contributed by atoms with van der Waals surface area (Å²) >= 11 is 0. The zero-order valence-corrected chi connectivity index (χ0v) is 25.6. The van der Waals surface area contributed by atoms with E-state index < -0.39 is 30.4 Å². The maximum atomic E-state index is 12.6. The second-order valence-electron chi connectivity index (χ2n) is 11.9. The molecule has 1 aliphatic heterocycles. The molecule has 228 valence electrons. The van der Waals surface area contributed by atoms with Crippen LogP contribution >= 0.6 is 0 Å². The summed E-state index contributed by atoms with van der Waals surface area (Å²) in [6.45, 7) is 9.80. The first-order valence-electron chi connectivity index (χ1n) is 15.4. The standard InChI is InChI=1S/C35H46O7/c1-6-8-25-10-12-26(13-11-25)9-7-22-38-30-20-18-28(19-21-30)27-14-16-29(17-15-27)35-41-31(33(36)39-23(2)3)32(42-35)34(37)40-24(4)5/h7,9,14-21,23-26,31-32,35H,6,8,10-13,22H2,1-5H3/b9-7+/t25-,26-,31-,32-/m1/s1. The Morgan fingerprint density at radius 1 is 0.810 bits per heavy atom. The Balaban J connectivity index is 1.31. The summed E-state index contributed by atoms with van der Waals surface area (Å²) < 4.78 is 28.3. The molecule has 0 N–H and O–H groups in total. The lowest BCUT2D eigenvalue weighted by Crippen LogP contribution is -2.40. The third-order valence-corrected chi connectivity index (χ3v) is 7.70. The van der Waals surface area contributed by atoms with Crippen LogP contribution in [0.5, 0.6) is 5.75 Å². The van der Waals surface area contributed by atoms with Crippen molar-refractivity contribution in [1.82, 2.24) is 0 Å². The number of rotatable bonds is 12. The number of esters is 2. The first-order chi connectivity index (χ1) is 20.2. The Kier molecular flexibility index (Phi) is 11.6. The number of carbonyl (C=O) groups is 2. The van der Waals surface area contributed by atoms with Gasteiger partial charge in [-0.1, -0.05) is 68.3 Å². The summed E-state index contributed by atoms with van der Waals surface area (Å²) in [5.74, 6) is 1.14. The van der Waals surface area contributed by atoms with Crippen molar-refractivity contribution < 1.29 is 33.3 Å². The third kappa shape index (κ3) is 8.92. The molecular weight excluding hydrogens is 532 g/mol. The SMILES string of the molecule is CCC[C@H]1CC[C@H](/C=C/COc2ccc(-c3ccc(C4O[C@@H](C(=O)OC(C)C)[C@H](C(=O)OC(C)C)O4)cc3)cc2)CC1. The molecule has 1 saturated heterocycles. The topological polar surface area (TPSA) is 80.3 Å². The summed E-state index contributed by atoms with van der Waals surface area (Å²) in [6, 6.07) is 15.7. The van der Waals surface area contributed by atoms with Crippen LogP contribution in [-0.2, 0) is 28.5 Å². The maximum absolute atomic E-state index is 12.6. The number of allylic oxidation sites excluding steroid dienone is 1. The smallest absolute Gasteiger partial charge is 0.339 e. The van der Waals surface area contributed by atoms with E-state index in [-0.39, 0.29) is 12.2 Å². The minimum atomic E-state index is -1.20. The predicted molar refractivity (Wildman–Crippen MR) is 162 cm³/mol. The van der Waals surface area contributed by atoms with Crippen LogP contribution in [0.25, 0.3) is 11.1 Å². The Hall–Kier alpha value is -3.16.